The second kappa shape index (κ2) is 16.1. The average Bonchev–Trinajstić information content (AvgIpc) is 3.69. The summed E-state index contributed by atoms with van der Waals surface area (Å²) < 4.78 is 2.45. The summed E-state index contributed by atoms with van der Waals surface area (Å²) in [6.07, 6.45) is 0. The Morgan fingerprint density at radius 2 is 0.742 bits per heavy atom. The minimum atomic E-state index is 1.07. The SMILES string of the molecule is c1ccc(-c2ccc(-c3ccc(N(c4ccccc4)c4ccc5c6ccccc6n(-c6ccccc6-c6ccccc6)c5c4)c(-c4ccccc4-c4ccccc4)c3)cc2)cc1. The molecule has 0 unspecified atom stereocenters. The molecule has 0 fully saturated rings. The van der Waals surface area contributed by atoms with Crippen LogP contribution in [0, 0.1) is 0 Å². The van der Waals surface area contributed by atoms with Crippen LogP contribution in [-0.4, -0.2) is 4.57 Å². The Morgan fingerprint density at radius 3 is 1.44 bits per heavy atom. The minimum absolute atomic E-state index is 1.07. The standard InChI is InChI=1S/C60H42N2/c1-5-19-43(20-6-1)44-33-35-45(36-34-44)48-37-40-59(56(41-48)53-29-14-13-27-51(53)46-21-7-2-8-22-46)61(49-25-11-4-12-26-49)50-38-39-55-54-30-16-18-32-58(54)62(60(55)42-50)57-31-17-15-28-52(57)47-23-9-3-10-24-47/h1-42H. The molecule has 0 aliphatic carbocycles. The van der Waals surface area contributed by atoms with Gasteiger partial charge in [-0.3, -0.25) is 0 Å². The van der Waals surface area contributed by atoms with Crippen molar-refractivity contribution in [3.05, 3.63) is 255 Å². The van der Waals surface area contributed by atoms with Crippen LogP contribution in [0.3, 0.4) is 0 Å². The lowest BCUT2D eigenvalue weighted by molar-refractivity contribution is 1.18. The molecule has 10 aromatic carbocycles. The quantitative estimate of drug-likeness (QED) is 0.141. The fraction of sp³-hybridized carbons (Fsp3) is 0. The van der Waals surface area contributed by atoms with Gasteiger partial charge in [0.1, 0.15) is 0 Å². The highest BCUT2D eigenvalue weighted by Gasteiger charge is 2.23. The maximum absolute atomic E-state index is 2.45. The third kappa shape index (κ3) is 6.74. The number of fused-ring (bicyclic) bond motifs is 3. The lowest BCUT2D eigenvalue weighted by Gasteiger charge is -2.29. The molecule has 0 spiro atoms. The molecule has 2 nitrogen and oxygen atoms in total. The number of para-hydroxylation sites is 3. The van der Waals surface area contributed by atoms with E-state index < -0.39 is 0 Å². The number of aromatic nitrogens is 1. The Labute approximate surface area is 362 Å². The zero-order chi connectivity index (χ0) is 41.2. The lowest BCUT2D eigenvalue weighted by Crippen LogP contribution is -2.11. The van der Waals surface area contributed by atoms with Gasteiger partial charge >= 0.3 is 0 Å². The van der Waals surface area contributed by atoms with Crippen molar-refractivity contribution >= 4 is 38.9 Å². The van der Waals surface area contributed by atoms with Crippen molar-refractivity contribution in [1.82, 2.24) is 4.57 Å². The first kappa shape index (κ1) is 36.8. The summed E-state index contributed by atoms with van der Waals surface area (Å²) in [5.74, 6) is 0. The van der Waals surface area contributed by atoms with Crippen molar-refractivity contribution in [3.8, 4) is 61.3 Å². The number of anilines is 3. The molecule has 0 aliphatic rings. The van der Waals surface area contributed by atoms with Crippen molar-refractivity contribution in [2.75, 3.05) is 4.90 Å². The molecule has 2 heteroatoms. The molecule has 62 heavy (non-hydrogen) atoms. The Balaban J connectivity index is 1.15. The highest BCUT2D eigenvalue weighted by Crippen LogP contribution is 2.47. The largest absolute Gasteiger partial charge is 0.310 e. The summed E-state index contributed by atoms with van der Waals surface area (Å²) in [4.78, 5) is 2.43. The van der Waals surface area contributed by atoms with Gasteiger partial charge in [-0.05, 0) is 93.0 Å². The van der Waals surface area contributed by atoms with Crippen molar-refractivity contribution in [1.29, 1.82) is 0 Å². The summed E-state index contributed by atoms with van der Waals surface area (Å²) >= 11 is 0. The van der Waals surface area contributed by atoms with E-state index in [1.165, 1.54) is 60.8 Å². The van der Waals surface area contributed by atoms with E-state index in [9.17, 15) is 0 Å². The van der Waals surface area contributed by atoms with E-state index >= 15 is 0 Å². The van der Waals surface area contributed by atoms with Crippen LogP contribution in [0.5, 0.6) is 0 Å². The second-order valence-corrected chi connectivity index (χ2v) is 15.7. The second-order valence-electron chi connectivity index (χ2n) is 15.7. The molecule has 0 N–H and O–H groups in total. The van der Waals surface area contributed by atoms with Gasteiger partial charge in [-0.25, -0.2) is 0 Å². The molecule has 0 radical (unpaired) electrons. The first-order valence-electron chi connectivity index (χ1n) is 21.3. The Kier molecular flexibility index (Phi) is 9.57. The van der Waals surface area contributed by atoms with Gasteiger partial charge in [-0.15, -0.1) is 0 Å². The molecule has 11 aromatic rings. The number of nitrogens with zero attached hydrogens (tertiary/aromatic N) is 2. The monoisotopic (exact) mass is 790 g/mol. The predicted molar refractivity (Wildman–Crippen MR) is 263 cm³/mol. The highest BCUT2D eigenvalue weighted by molar-refractivity contribution is 6.11. The summed E-state index contributed by atoms with van der Waals surface area (Å²) in [5.41, 5.74) is 18.5. The maximum Gasteiger partial charge on any atom is 0.0562 e. The van der Waals surface area contributed by atoms with Crippen LogP contribution in [0.1, 0.15) is 0 Å². The van der Waals surface area contributed by atoms with Gasteiger partial charge in [-0.2, -0.15) is 0 Å². The molecular formula is C60H42N2. The van der Waals surface area contributed by atoms with Crippen LogP contribution in [0.15, 0.2) is 255 Å². The van der Waals surface area contributed by atoms with Gasteiger partial charge in [0.05, 0.1) is 22.4 Å². The topological polar surface area (TPSA) is 8.17 Å². The fourth-order valence-electron chi connectivity index (χ4n) is 9.09. The molecule has 0 atom stereocenters. The van der Waals surface area contributed by atoms with Gasteiger partial charge in [0.15, 0.2) is 0 Å². The molecule has 0 aliphatic heterocycles. The van der Waals surface area contributed by atoms with E-state index in [2.05, 4.69) is 264 Å². The van der Waals surface area contributed by atoms with E-state index in [1.807, 2.05) is 0 Å². The van der Waals surface area contributed by atoms with Crippen molar-refractivity contribution < 1.29 is 0 Å². The maximum atomic E-state index is 2.45. The van der Waals surface area contributed by atoms with E-state index in [0.29, 0.717) is 0 Å². The summed E-state index contributed by atoms with van der Waals surface area (Å²) in [7, 11) is 0. The van der Waals surface area contributed by atoms with Crippen LogP contribution >= 0.6 is 0 Å². The molecule has 0 saturated heterocycles. The Bertz CT molecular complexity index is 3310. The van der Waals surface area contributed by atoms with E-state index in [-0.39, 0.29) is 0 Å². The summed E-state index contributed by atoms with van der Waals surface area (Å²) in [5, 5.41) is 2.44. The van der Waals surface area contributed by atoms with Crippen molar-refractivity contribution in [2.45, 2.75) is 0 Å². The lowest BCUT2D eigenvalue weighted by atomic mass is 9.90. The smallest absolute Gasteiger partial charge is 0.0562 e. The Hall–Kier alpha value is -8.20. The molecule has 1 heterocycles. The number of benzene rings is 10. The normalized spacial score (nSPS) is 11.2. The zero-order valence-electron chi connectivity index (χ0n) is 34.1. The molecule has 0 bridgehead atoms. The molecule has 1 aromatic heterocycles. The van der Waals surface area contributed by atoms with E-state index in [1.54, 1.807) is 0 Å². The third-order valence-corrected chi connectivity index (χ3v) is 12.0. The fourth-order valence-corrected chi connectivity index (χ4v) is 9.09. The van der Waals surface area contributed by atoms with Crippen LogP contribution < -0.4 is 4.90 Å². The van der Waals surface area contributed by atoms with Gasteiger partial charge in [0.25, 0.3) is 0 Å². The van der Waals surface area contributed by atoms with Crippen LogP contribution in [0.25, 0.3) is 83.1 Å². The summed E-state index contributed by atoms with van der Waals surface area (Å²) in [6.45, 7) is 0. The van der Waals surface area contributed by atoms with Crippen molar-refractivity contribution in [2.24, 2.45) is 0 Å². The Morgan fingerprint density at radius 1 is 0.258 bits per heavy atom. The first-order valence-corrected chi connectivity index (χ1v) is 21.3. The van der Waals surface area contributed by atoms with Gasteiger partial charge < -0.3 is 9.47 Å². The zero-order valence-corrected chi connectivity index (χ0v) is 34.1. The molecule has 292 valence electrons. The third-order valence-electron chi connectivity index (χ3n) is 12.0. The highest BCUT2D eigenvalue weighted by atomic mass is 15.1. The average molecular weight is 791 g/mol. The number of hydrogen-bond acceptors (Lipinski definition) is 1. The van der Waals surface area contributed by atoms with E-state index in [4.69, 9.17) is 0 Å². The minimum Gasteiger partial charge on any atom is -0.310 e. The predicted octanol–water partition coefficient (Wildman–Crippen LogP) is 16.6. The van der Waals surface area contributed by atoms with Crippen LogP contribution in [-0.2, 0) is 0 Å². The number of rotatable bonds is 9. The van der Waals surface area contributed by atoms with Crippen LogP contribution in [0.4, 0.5) is 17.1 Å². The van der Waals surface area contributed by atoms with Gasteiger partial charge in [0, 0.05) is 33.3 Å². The molecular weight excluding hydrogens is 749 g/mol. The number of hydrogen-bond donors (Lipinski definition) is 0. The first-order chi connectivity index (χ1) is 30.8. The van der Waals surface area contributed by atoms with Gasteiger partial charge in [0.2, 0.25) is 0 Å². The molecule has 11 rings (SSSR count). The summed E-state index contributed by atoms with van der Waals surface area (Å²) in [6, 6.07) is 92.2. The van der Waals surface area contributed by atoms with Crippen molar-refractivity contribution in [3.63, 3.8) is 0 Å². The van der Waals surface area contributed by atoms with E-state index in [0.717, 1.165) is 39.4 Å². The molecule has 0 amide bonds. The van der Waals surface area contributed by atoms with Crippen LogP contribution in [0.2, 0.25) is 0 Å². The molecule has 0 saturated carbocycles. The van der Waals surface area contributed by atoms with Gasteiger partial charge in [-0.1, -0.05) is 206 Å².